The summed E-state index contributed by atoms with van der Waals surface area (Å²) in [6, 6.07) is 13.1. The van der Waals surface area contributed by atoms with E-state index < -0.39 is 0 Å². The number of hydrogen-bond donors (Lipinski definition) is 0. The van der Waals surface area contributed by atoms with Crippen molar-refractivity contribution in [2.45, 2.75) is 0 Å². The maximum Gasteiger partial charge on any atom is 0.209 e. The Hall–Kier alpha value is -2.69. The zero-order chi connectivity index (χ0) is 13.2. The number of nitrogens with zero attached hydrogens (tertiary/aromatic N) is 3. The van der Waals surface area contributed by atoms with Crippen LogP contribution in [0.5, 0.6) is 5.75 Å². The highest BCUT2D eigenvalue weighted by Crippen LogP contribution is 2.33. The first-order valence-corrected chi connectivity index (χ1v) is 5.79. The molecule has 0 bridgehead atoms. The average molecular weight is 253 g/mol. The summed E-state index contributed by atoms with van der Waals surface area (Å²) in [5.74, 6) is 0.884. The molecular weight excluding hydrogens is 242 g/mol. The first-order valence-electron chi connectivity index (χ1n) is 5.79. The molecule has 0 amide bonds. The molecule has 0 aliphatic carbocycles. The molecule has 1 aromatic carbocycles. The molecule has 5 heteroatoms. The van der Waals surface area contributed by atoms with Gasteiger partial charge in [-0.25, -0.2) is 4.98 Å². The standard InChI is InChI=1S/C14H11N3O2/c1-19-11-8-5-9-17-13(11)15-12(14(17)16-18)10-6-3-2-4-7-10/h2-9H,1H3. The zero-order valence-corrected chi connectivity index (χ0v) is 10.3. The molecule has 3 rings (SSSR count). The van der Waals surface area contributed by atoms with Crippen molar-refractivity contribution in [3.05, 3.63) is 53.6 Å². The quantitative estimate of drug-likeness (QED) is 0.672. The number of methoxy groups -OCH3 is 1. The van der Waals surface area contributed by atoms with Crippen molar-refractivity contribution in [1.82, 2.24) is 9.38 Å². The minimum Gasteiger partial charge on any atom is -0.493 e. The van der Waals surface area contributed by atoms with Crippen LogP contribution >= 0.6 is 0 Å². The normalized spacial score (nSPS) is 10.6. The molecule has 0 N–H and O–H groups in total. The number of aromatic nitrogens is 2. The third-order valence-electron chi connectivity index (χ3n) is 2.94. The number of hydrogen-bond acceptors (Lipinski definition) is 4. The van der Waals surface area contributed by atoms with Gasteiger partial charge in [-0.3, -0.25) is 4.40 Å². The number of ether oxygens (including phenoxy) is 1. The van der Waals surface area contributed by atoms with E-state index in [1.165, 1.54) is 0 Å². The largest absolute Gasteiger partial charge is 0.493 e. The van der Waals surface area contributed by atoms with Crippen LogP contribution in [0.3, 0.4) is 0 Å². The molecule has 5 nitrogen and oxygen atoms in total. The van der Waals surface area contributed by atoms with Gasteiger partial charge in [-0.2, -0.15) is 0 Å². The van der Waals surface area contributed by atoms with Crippen LogP contribution in [-0.2, 0) is 0 Å². The van der Waals surface area contributed by atoms with Crippen LogP contribution in [0, 0.1) is 4.91 Å². The minimum atomic E-state index is 0.278. The Morgan fingerprint density at radius 2 is 1.95 bits per heavy atom. The SMILES string of the molecule is COc1cccn2c(N=O)c(-c3ccccc3)nc12. The van der Waals surface area contributed by atoms with Crippen molar-refractivity contribution in [1.29, 1.82) is 0 Å². The van der Waals surface area contributed by atoms with Crippen molar-refractivity contribution < 1.29 is 4.74 Å². The second kappa shape index (κ2) is 4.53. The van der Waals surface area contributed by atoms with Crippen molar-refractivity contribution in [2.24, 2.45) is 5.18 Å². The summed E-state index contributed by atoms with van der Waals surface area (Å²) >= 11 is 0. The van der Waals surface area contributed by atoms with Gasteiger partial charge in [0.15, 0.2) is 11.4 Å². The molecule has 94 valence electrons. The average Bonchev–Trinajstić information content (AvgIpc) is 2.86. The third kappa shape index (κ3) is 1.76. The van der Waals surface area contributed by atoms with Crippen molar-refractivity contribution >= 4 is 11.5 Å². The van der Waals surface area contributed by atoms with Gasteiger partial charge in [-0.1, -0.05) is 30.3 Å². The minimum absolute atomic E-state index is 0.278. The number of nitroso groups, excluding NO2 is 1. The molecule has 0 saturated heterocycles. The van der Waals surface area contributed by atoms with E-state index in [-0.39, 0.29) is 5.82 Å². The van der Waals surface area contributed by atoms with E-state index in [1.54, 1.807) is 29.8 Å². The molecule has 3 aromatic rings. The van der Waals surface area contributed by atoms with E-state index in [2.05, 4.69) is 10.2 Å². The van der Waals surface area contributed by atoms with Gasteiger partial charge in [0.05, 0.1) is 7.11 Å². The molecule has 0 unspecified atom stereocenters. The maximum atomic E-state index is 11.1. The van der Waals surface area contributed by atoms with Gasteiger partial charge in [0.2, 0.25) is 5.82 Å². The lowest BCUT2D eigenvalue weighted by Crippen LogP contribution is -1.89. The lowest BCUT2D eigenvalue weighted by molar-refractivity contribution is 0.417. The lowest BCUT2D eigenvalue weighted by Gasteiger charge is -2.00. The number of pyridine rings is 1. The van der Waals surface area contributed by atoms with Crippen LogP contribution in [0.4, 0.5) is 5.82 Å². The summed E-state index contributed by atoms with van der Waals surface area (Å²) in [5, 5.41) is 3.11. The van der Waals surface area contributed by atoms with Crippen LogP contribution in [-0.4, -0.2) is 16.5 Å². The fourth-order valence-corrected chi connectivity index (χ4v) is 2.07. The summed E-state index contributed by atoms with van der Waals surface area (Å²) in [5.41, 5.74) is 1.99. The lowest BCUT2D eigenvalue weighted by atomic mass is 10.1. The summed E-state index contributed by atoms with van der Waals surface area (Å²) in [6.45, 7) is 0. The van der Waals surface area contributed by atoms with E-state index >= 15 is 0 Å². The smallest absolute Gasteiger partial charge is 0.209 e. The van der Waals surface area contributed by atoms with E-state index in [0.29, 0.717) is 17.1 Å². The molecule has 19 heavy (non-hydrogen) atoms. The van der Waals surface area contributed by atoms with Gasteiger partial charge in [0.25, 0.3) is 0 Å². The second-order valence-corrected chi connectivity index (χ2v) is 4.01. The molecule has 0 aliphatic rings. The summed E-state index contributed by atoms with van der Waals surface area (Å²) in [6.07, 6.45) is 1.74. The Morgan fingerprint density at radius 3 is 2.63 bits per heavy atom. The Morgan fingerprint density at radius 1 is 1.16 bits per heavy atom. The number of rotatable bonds is 3. The Labute approximate surface area is 109 Å². The number of benzene rings is 1. The first kappa shape index (κ1) is 11.4. The van der Waals surface area contributed by atoms with Gasteiger partial charge < -0.3 is 4.74 Å². The van der Waals surface area contributed by atoms with Gasteiger partial charge in [-0.15, -0.1) is 4.91 Å². The van der Waals surface area contributed by atoms with Crippen LogP contribution in [0.25, 0.3) is 16.9 Å². The Balaban J connectivity index is 2.34. The van der Waals surface area contributed by atoms with Gasteiger partial charge in [0, 0.05) is 11.8 Å². The highest BCUT2D eigenvalue weighted by molar-refractivity contribution is 5.76. The molecule has 0 saturated carbocycles. The predicted octanol–water partition coefficient (Wildman–Crippen LogP) is 3.41. The molecule has 0 aliphatic heterocycles. The number of fused-ring (bicyclic) bond motifs is 1. The molecule has 0 atom stereocenters. The van der Waals surface area contributed by atoms with E-state index in [4.69, 9.17) is 4.74 Å². The van der Waals surface area contributed by atoms with Crippen LogP contribution < -0.4 is 4.74 Å². The first-order chi connectivity index (χ1) is 9.35. The van der Waals surface area contributed by atoms with Crippen molar-refractivity contribution in [3.8, 4) is 17.0 Å². The fourth-order valence-electron chi connectivity index (χ4n) is 2.07. The Kier molecular flexibility index (Phi) is 2.72. The summed E-state index contributed by atoms with van der Waals surface area (Å²) in [4.78, 5) is 15.6. The Bertz CT molecular complexity index is 735. The predicted molar refractivity (Wildman–Crippen MR) is 72.6 cm³/mol. The monoisotopic (exact) mass is 253 g/mol. The van der Waals surface area contributed by atoms with Gasteiger partial charge in [0.1, 0.15) is 5.69 Å². The summed E-state index contributed by atoms with van der Waals surface area (Å²) < 4.78 is 6.88. The molecule has 0 fully saturated rings. The van der Waals surface area contributed by atoms with Crippen LogP contribution in [0.2, 0.25) is 0 Å². The molecular formula is C14H11N3O2. The van der Waals surface area contributed by atoms with Crippen molar-refractivity contribution in [2.75, 3.05) is 7.11 Å². The topological polar surface area (TPSA) is 56.0 Å². The van der Waals surface area contributed by atoms with E-state index in [1.807, 2.05) is 30.3 Å². The highest BCUT2D eigenvalue weighted by Gasteiger charge is 2.16. The molecule has 0 radical (unpaired) electrons. The summed E-state index contributed by atoms with van der Waals surface area (Å²) in [7, 11) is 1.57. The van der Waals surface area contributed by atoms with Gasteiger partial charge >= 0.3 is 0 Å². The van der Waals surface area contributed by atoms with Gasteiger partial charge in [-0.05, 0) is 17.3 Å². The second-order valence-electron chi connectivity index (χ2n) is 4.01. The maximum absolute atomic E-state index is 11.1. The van der Waals surface area contributed by atoms with Crippen molar-refractivity contribution in [3.63, 3.8) is 0 Å². The van der Waals surface area contributed by atoms with E-state index in [0.717, 1.165) is 5.56 Å². The number of imidazole rings is 1. The molecule has 2 heterocycles. The van der Waals surface area contributed by atoms with Crippen LogP contribution in [0.1, 0.15) is 0 Å². The third-order valence-corrected chi connectivity index (χ3v) is 2.94. The fraction of sp³-hybridized carbons (Fsp3) is 0.0714. The zero-order valence-electron chi connectivity index (χ0n) is 10.3. The highest BCUT2D eigenvalue weighted by atomic mass is 16.5. The van der Waals surface area contributed by atoms with Crippen LogP contribution in [0.15, 0.2) is 53.8 Å². The molecule has 2 aromatic heterocycles. The molecule has 0 spiro atoms. The van der Waals surface area contributed by atoms with E-state index in [9.17, 15) is 4.91 Å².